The molecule has 142 valence electrons. The van der Waals surface area contributed by atoms with E-state index in [1.165, 1.54) is 51.4 Å². The quantitative estimate of drug-likeness (QED) is 0.469. The van der Waals surface area contributed by atoms with Crippen LogP contribution in [0, 0.1) is 0 Å². The summed E-state index contributed by atoms with van der Waals surface area (Å²) in [6, 6.07) is 0. The van der Waals surface area contributed by atoms with E-state index in [1.54, 1.807) is 22.3 Å². The zero-order valence-electron chi connectivity index (χ0n) is 16.7. The Kier molecular flexibility index (Phi) is 8.62. The molecule has 0 nitrogen and oxygen atoms in total. The van der Waals surface area contributed by atoms with Crippen molar-refractivity contribution < 1.29 is 43.4 Å². The minimum Gasteiger partial charge on any atom is -1.00 e. The van der Waals surface area contributed by atoms with Gasteiger partial charge in [-0.15, -0.1) is 0 Å². The predicted octanol–water partition coefficient (Wildman–Crippen LogP) is 1.10. The van der Waals surface area contributed by atoms with Crippen LogP contribution in [-0.2, 0) is 18.6 Å². The molecule has 4 heteroatoms. The molecule has 26 heavy (non-hydrogen) atoms. The largest absolute Gasteiger partial charge is 1.00 e. The Morgan fingerprint density at radius 1 is 0.731 bits per heavy atom. The van der Waals surface area contributed by atoms with Gasteiger partial charge in [0.2, 0.25) is 0 Å². The van der Waals surface area contributed by atoms with Gasteiger partial charge in [-0.1, -0.05) is 0 Å². The predicted molar refractivity (Wildman–Crippen MR) is 103 cm³/mol. The van der Waals surface area contributed by atoms with Gasteiger partial charge in [0.1, 0.15) is 0 Å². The second-order valence-corrected chi connectivity index (χ2v) is 37.8. The van der Waals surface area contributed by atoms with Gasteiger partial charge in [0.05, 0.1) is 0 Å². The van der Waals surface area contributed by atoms with Gasteiger partial charge in [0.15, 0.2) is 0 Å². The molecular formula is C22H32Cl2GeZr. The van der Waals surface area contributed by atoms with Crippen LogP contribution in [0.5, 0.6) is 0 Å². The Bertz CT molecular complexity index is 679. The first kappa shape index (κ1) is 23.2. The first-order valence-electron chi connectivity index (χ1n) is 10.1. The van der Waals surface area contributed by atoms with Crippen molar-refractivity contribution in [3.63, 3.8) is 0 Å². The molecule has 0 aromatic carbocycles. The van der Waals surface area contributed by atoms with E-state index in [0.29, 0.717) is 0 Å². The molecule has 4 aliphatic carbocycles. The summed E-state index contributed by atoms with van der Waals surface area (Å²) in [7, 11) is -0.855. The van der Waals surface area contributed by atoms with E-state index < -0.39 is 28.6 Å². The molecule has 4 aliphatic rings. The van der Waals surface area contributed by atoms with Crippen LogP contribution >= 0.6 is 0 Å². The standard InChI is InChI=1S/2C10H13.C2H6Ge.2ClH.Zr/c2*1-8-6-9-4-2-3-5-10(9)7-8;1-3-2;;;/h2*6-7H,2-5H2,1H3;1-2H3;2*1H;/q;;;;;+2/p-2. The van der Waals surface area contributed by atoms with Crippen LogP contribution in [0.25, 0.3) is 0 Å². The summed E-state index contributed by atoms with van der Waals surface area (Å²) >= 11 is -1.53. The number of hydrogen-bond donors (Lipinski definition) is 0. The van der Waals surface area contributed by atoms with E-state index in [1.807, 2.05) is 11.1 Å². The molecule has 0 N–H and O–H groups in total. The van der Waals surface area contributed by atoms with Crippen LogP contribution in [0.15, 0.2) is 45.6 Å². The second kappa shape index (κ2) is 9.64. The fraction of sp³-hybridized carbons (Fsp3) is 0.636. The molecule has 0 fully saturated rings. The summed E-state index contributed by atoms with van der Waals surface area (Å²) in [5.41, 5.74) is 11.1. The van der Waals surface area contributed by atoms with Crippen molar-refractivity contribution >= 4 is 9.98 Å². The molecule has 4 rings (SSSR count). The number of hydrogen-bond acceptors (Lipinski definition) is 0. The van der Waals surface area contributed by atoms with E-state index in [4.69, 9.17) is 0 Å². The maximum Gasteiger partial charge on any atom is -1.00 e. The summed E-state index contributed by atoms with van der Waals surface area (Å²) in [5, 5.41) is 0. The van der Waals surface area contributed by atoms with Gasteiger partial charge in [-0.05, 0) is 0 Å². The van der Waals surface area contributed by atoms with Crippen molar-refractivity contribution in [2.75, 3.05) is 0 Å². The molecule has 0 aromatic rings. The van der Waals surface area contributed by atoms with Gasteiger partial charge in [0, 0.05) is 0 Å². The molecule has 0 heterocycles. The van der Waals surface area contributed by atoms with Gasteiger partial charge in [0.25, 0.3) is 0 Å². The van der Waals surface area contributed by atoms with E-state index >= 15 is 0 Å². The van der Waals surface area contributed by atoms with Crippen molar-refractivity contribution in [2.45, 2.75) is 84.0 Å². The molecule has 0 saturated heterocycles. The average Bonchev–Trinajstić information content (AvgIpc) is 3.05. The number of rotatable bonds is 2. The SMILES string of the molecule is CC1=CC2=C(CCCC2)[CH]1[Zr+2]([CH]1C(C)=CC2=C1CCCC2)=[Ge]([CH3])[CH3].[Cl-].[Cl-]. The molecule has 0 spiro atoms. The minimum absolute atomic E-state index is 0. The molecule has 2 unspecified atom stereocenters. The van der Waals surface area contributed by atoms with Gasteiger partial charge >= 0.3 is 158 Å². The summed E-state index contributed by atoms with van der Waals surface area (Å²) in [5.74, 6) is 5.47. The van der Waals surface area contributed by atoms with Crippen molar-refractivity contribution in [1.82, 2.24) is 0 Å². The Morgan fingerprint density at radius 2 is 1.12 bits per heavy atom. The molecular weight excluding hydrogens is 499 g/mol. The van der Waals surface area contributed by atoms with Crippen LogP contribution in [0.2, 0.25) is 18.8 Å². The second-order valence-electron chi connectivity index (χ2n) is 8.61. The smallest absolute Gasteiger partial charge is 1.00 e. The molecule has 0 bridgehead atoms. The molecule has 0 aromatic heterocycles. The fourth-order valence-corrected chi connectivity index (χ4v) is 40.0. The zero-order chi connectivity index (χ0) is 16.8. The monoisotopic (exact) mass is 530 g/mol. The first-order valence-corrected chi connectivity index (χ1v) is 24.5. The molecule has 0 amide bonds. The Hall–Kier alpha value is 0.966. The van der Waals surface area contributed by atoms with Gasteiger partial charge in [-0.2, -0.15) is 0 Å². The summed E-state index contributed by atoms with van der Waals surface area (Å²) in [6.07, 6.45) is 16.7. The summed E-state index contributed by atoms with van der Waals surface area (Å²) in [6.45, 7) is 4.99. The third-order valence-corrected chi connectivity index (χ3v) is 38.1. The zero-order valence-corrected chi connectivity index (χ0v) is 22.8. The first-order chi connectivity index (χ1) is 11.6. The van der Waals surface area contributed by atoms with Crippen LogP contribution < -0.4 is 24.8 Å². The van der Waals surface area contributed by atoms with Crippen molar-refractivity contribution in [2.24, 2.45) is 0 Å². The topological polar surface area (TPSA) is 0 Å². The van der Waals surface area contributed by atoms with Crippen LogP contribution in [0.1, 0.15) is 65.2 Å². The Balaban J connectivity index is 0.00000121. The normalized spacial score (nSPS) is 26.7. The van der Waals surface area contributed by atoms with Crippen molar-refractivity contribution in [3.05, 3.63) is 45.6 Å². The Labute approximate surface area is 181 Å². The van der Waals surface area contributed by atoms with E-state index in [2.05, 4.69) is 37.5 Å². The fourth-order valence-electron chi connectivity index (χ4n) is 5.77. The van der Waals surface area contributed by atoms with E-state index in [-0.39, 0.29) is 24.8 Å². The third kappa shape index (κ3) is 4.12. The summed E-state index contributed by atoms with van der Waals surface area (Å²) < 4.78 is 1.99. The maximum absolute atomic E-state index is 2.73. The van der Waals surface area contributed by atoms with E-state index in [9.17, 15) is 0 Å². The maximum atomic E-state index is 2.73. The number of allylic oxidation sites excluding steroid dienone is 8. The van der Waals surface area contributed by atoms with Gasteiger partial charge in [-0.25, -0.2) is 0 Å². The van der Waals surface area contributed by atoms with Crippen molar-refractivity contribution in [3.8, 4) is 0 Å². The molecule has 0 aliphatic heterocycles. The Morgan fingerprint density at radius 3 is 1.50 bits per heavy atom. The molecule has 0 radical (unpaired) electrons. The summed E-state index contributed by atoms with van der Waals surface area (Å²) in [4.78, 5) is 0. The molecule has 2 atom stereocenters. The minimum atomic E-state index is -1.53. The van der Waals surface area contributed by atoms with Crippen LogP contribution in [0.3, 0.4) is 0 Å². The van der Waals surface area contributed by atoms with Crippen LogP contribution in [-0.4, -0.2) is 9.98 Å². The van der Waals surface area contributed by atoms with Gasteiger partial charge in [-0.3, -0.25) is 0 Å². The average molecular weight is 531 g/mol. The molecule has 0 saturated carbocycles. The number of halogens is 2. The van der Waals surface area contributed by atoms with E-state index in [0.717, 1.165) is 7.25 Å². The van der Waals surface area contributed by atoms with Crippen molar-refractivity contribution in [1.29, 1.82) is 0 Å². The third-order valence-electron chi connectivity index (χ3n) is 6.72. The van der Waals surface area contributed by atoms with Crippen LogP contribution in [0.4, 0.5) is 0 Å². The van der Waals surface area contributed by atoms with Gasteiger partial charge < -0.3 is 24.8 Å².